The summed E-state index contributed by atoms with van der Waals surface area (Å²) in [4.78, 5) is 12.2. The van der Waals surface area contributed by atoms with Gasteiger partial charge in [-0.05, 0) is 25.0 Å². The van der Waals surface area contributed by atoms with E-state index in [0.717, 1.165) is 23.7 Å². The van der Waals surface area contributed by atoms with Crippen molar-refractivity contribution >= 4 is 16.8 Å². The summed E-state index contributed by atoms with van der Waals surface area (Å²) < 4.78 is 0. The third kappa shape index (κ3) is 2.78. The number of carbonyl (C=O) groups is 1. The van der Waals surface area contributed by atoms with Crippen LogP contribution >= 0.6 is 0 Å². The predicted molar refractivity (Wildman–Crippen MR) is 75.0 cm³/mol. The van der Waals surface area contributed by atoms with Crippen LogP contribution in [0.2, 0.25) is 0 Å². The number of benzene rings is 1. The number of nitrogens with zero attached hydrogens (tertiary/aromatic N) is 1. The van der Waals surface area contributed by atoms with Gasteiger partial charge in [0.2, 0.25) is 0 Å². The monoisotopic (exact) mass is 257 g/mol. The minimum Gasteiger partial charge on any atom is -0.349 e. The van der Waals surface area contributed by atoms with E-state index in [9.17, 15) is 4.79 Å². The van der Waals surface area contributed by atoms with Gasteiger partial charge in [-0.1, -0.05) is 31.7 Å². The maximum atomic E-state index is 12.2. The molecule has 0 saturated heterocycles. The fraction of sp³-hybridized carbons (Fsp3) is 0.467. The molecule has 1 aliphatic rings. The molecule has 1 fully saturated rings. The minimum atomic E-state index is 0.0309. The number of aromatic nitrogens is 2. The van der Waals surface area contributed by atoms with Crippen molar-refractivity contribution in [2.45, 2.75) is 44.6 Å². The van der Waals surface area contributed by atoms with E-state index >= 15 is 0 Å². The quantitative estimate of drug-likeness (QED) is 0.812. The van der Waals surface area contributed by atoms with Gasteiger partial charge in [0, 0.05) is 17.0 Å². The van der Waals surface area contributed by atoms with Crippen molar-refractivity contribution in [1.29, 1.82) is 0 Å². The highest BCUT2D eigenvalue weighted by molar-refractivity contribution is 5.97. The number of fused-ring (bicyclic) bond motifs is 1. The highest BCUT2D eigenvalue weighted by Gasteiger charge is 2.16. The third-order valence-electron chi connectivity index (χ3n) is 3.89. The van der Waals surface area contributed by atoms with Crippen LogP contribution in [0.5, 0.6) is 0 Å². The average molecular weight is 257 g/mol. The molecule has 1 amide bonds. The smallest absolute Gasteiger partial charge is 0.251 e. The van der Waals surface area contributed by atoms with E-state index in [-0.39, 0.29) is 5.91 Å². The van der Waals surface area contributed by atoms with Crippen LogP contribution in [0.15, 0.2) is 24.4 Å². The van der Waals surface area contributed by atoms with Gasteiger partial charge < -0.3 is 5.32 Å². The Hall–Kier alpha value is -1.84. The maximum Gasteiger partial charge on any atom is 0.251 e. The van der Waals surface area contributed by atoms with Gasteiger partial charge in [-0.15, -0.1) is 0 Å². The van der Waals surface area contributed by atoms with Crippen molar-refractivity contribution in [3.63, 3.8) is 0 Å². The molecule has 1 aromatic heterocycles. The molecule has 1 heterocycles. The molecule has 1 saturated carbocycles. The van der Waals surface area contributed by atoms with Crippen LogP contribution in [-0.2, 0) is 0 Å². The summed E-state index contributed by atoms with van der Waals surface area (Å²) in [5.74, 6) is 0.0309. The second-order valence-electron chi connectivity index (χ2n) is 5.33. The molecule has 0 unspecified atom stereocenters. The van der Waals surface area contributed by atoms with Crippen molar-refractivity contribution < 1.29 is 4.79 Å². The Morgan fingerprint density at radius 1 is 1.21 bits per heavy atom. The fourth-order valence-electron chi connectivity index (χ4n) is 2.77. The topological polar surface area (TPSA) is 57.8 Å². The number of carbonyl (C=O) groups excluding carboxylic acids is 1. The Kier molecular flexibility index (Phi) is 3.49. The number of H-pyrrole nitrogens is 1. The number of hydrogen-bond acceptors (Lipinski definition) is 2. The van der Waals surface area contributed by atoms with Crippen LogP contribution in [0.3, 0.4) is 0 Å². The summed E-state index contributed by atoms with van der Waals surface area (Å²) >= 11 is 0. The molecule has 2 N–H and O–H groups in total. The number of hydrogen-bond donors (Lipinski definition) is 2. The lowest BCUT2D eigenvalue weighted by atomic mass is 10.1. The average Bonchev–Trinajstić information content (AvgIpc) is 2.75. The van der Waals surface area contributed by atoms with Gasteiger partial charge in [0.25, 0.3) is 5.91 Å². The van der Waals surface area contributed by atoms with Crippen LogP contribution in [0.25, 0.3) is 10.9 Å². The molecule has 0 radical (unpaired) electrons. The van der Waals surface area contributed by atoms with Gasteiger partial charge in [0.15, 0.2) is 0 Å². The first-order valence-corrected chi connectivity index (χ1v) is 7.07. The molecule has 0 bridgehead atoms. The van der Waals surface area contributed by atoms with E-state index in [1.165, 1.54) is 25.7 Å². The molecular formula is C15H19N3O. The summed E-state index contributed by atoms with van der Waals surface area (Å²) in [6.45, 7) is 0. The Bertz CT molecular complexity index is 568. The van der Waals surface area contributed by atoms with Gasteiger partial charge in [-0.2, -0.15) is 5.10 Å². The Morgan fingerprint density at radius 2 is 2.00 bits per heavy atom. The Balaban J connectivity index is 1.71. The number of amides is 1. The van der Waals surface area contributed by atoms with Crippen LogP contribution in [0, 0.1) is 0 Å². The molecule has 19 heavy (non-hydrogen) atoms. The van der Waals surface area contributed by atoms with Gasteiger partial charge in [0.1, 0.15) is 0 Å². The normalized spacial score (nSPS) is 17.3. The van der Waals surface area contributed by atoms with Crippen molar-refractivity contribution in [2.75, 3.05) is 0 Å². The number of aromatic amines is 1. The Labute approximate surface area is 112 Å². The lowest BCUT2D eigenvalue weighted by Crippen LogP contribution is -2.34. The molecule has 4 nitrogen and oxygen atoms in total. The van der Waals surface area contributed by atoms with E-state index in [1.807, 2.05) is 18.2 Å². The maximum absolute atomic E-state index is 12.2. The highest BCUT2D eigenvalue weighted by Crippen LogP contribution is 2.18. The van der Waals surface area contributed by atoms with Crippen LogP contribution < -0.4 is 5.32 Å². The zero-order valence-corrected chi connectivity index (χ0v) is 11.0. The van der Waals surface area contributed by atoms with Gasteiger partial charge in [-0.3, -0.25) is 9.89 Å². The predicted octanol–water partition coefficient (Wildman–Crippen LogP) is 3.02. The van der Waals surface area contributed by atoms with Crippen LogP contribution in [-0.4, -0.2) is 22.1 Å². The van der Waals surface area contributed by atoms with E-state index < -0.39 is 0 Å². The van der Waals surface area contributed by atoms with E-state index in [2.05, 4.69) is 15.5 Å². The van der Waals surface area contributed by atoms with Crippen LogP contribution in [0.1, 0.15) is 48.9 Å². The van der Waals surface area contributed by atoms with Crippen molar-refractivity contribution in [3.8, 4) is 0 Å². The summed E-state index contributed by atoms with van der Waals surface area (Å²) in [7, 11) is 0. The summed E-state index contributed by atoms with van der Waals surface area (Å²) in [5, 5.41) is 11.1. The standard InChI is InChI=1S/C15H19N3O/c19-15(17-13-5-3-1-2-4-6-13)11-7-8-12-10-16-18-14(12)9-11/h7-10,13H,1-6H2,(H,16,18)(H,17,19). The zero-order valence-electron chi connectivity index (χ0n) is 11.0. The fourth-order valence-corrected chi connectivity index (χ4v) is 2.77. The molecule has 100 valence electrons. The second-order valence-corrected chi connectivity index (χ2v) is 5.33. The van der Waals surface area contributed by atoms with Crippen molar-refractivity contribution in [1.82, 2.24) is 15.5 Å². The van der Waals surface area contributed by atoms with Crippen LogP contribution in [0.4, 0.5) is 0 Å². The van der Waals surface area contributed by atoms with Crippen molar-refractivity contribution in [3.05, 3.63) is 30.0 Å². The zero-order chi connectivity index (χ0) is 13.1. The molecule has 2 aromatic rings. The SMILES string of the molecule is O=C(NC1CCCCCC1)c1ccc2cn[nH]c2c1. The number of nitrogens with one attached hydrogen (secondary N) is 2. The first kappa shape index (κ1) is 12.2. The summed E-state index contributed by atoms with van der Waals surface area (Å²) in [6.07, 6.45) is 9.03. The lowest BCUT2D eigenvalue weighted by molar-refractivity contribution is 0.0933. The van der Waals surface area contributed by atoms with Gasteiger partial charge >= 0.3 is 0 Å². The second kappa shape index (κ2) is 5.43. The minimum absolute atomic E-state index is 0.0309. The third-order valence-corrected chi connectivity index (χ3v) is 3.89. The molecule has 0 aliphatic heterocycles. The first-order chi connectivity index (χ1) is 9.33. The highest BCUT2D eigenvalue weighted by atomic mass is 16.1. The molecular weight excluding hydrogens is 238 g/mol. The molecule has 0 spiro atoms. The summed E-state index contributed by atoms with van der Waals surface area (Å²) in [6, 6.07) is 6.01. The van der Waals surface area contributed by atoms with E-state index in [0.29, 0.717) is 11.6 Å². The summed E-state index contributed by atoms with van der Waals surface area (Å²) in [5.41, 5.74) is 1.62. The first-order valence-electron chi connectivity index (χ1n) is 7.07. The van der Waals surface area contributed by atoms with E-state index in [4.69, 9.17) is 0 Å². The Morgan fingerprint density at radius 3 is 2.79 bits per heavy atom. The number of rotatable bonds is 2. The molecule has 3 rings (SSSR count). The van der Waals surface area contributed by atoms with Gasteiger partial charge in [0.05, 0.1) is 11.7 Å². The largest absolute Gasteiger partial charge is 0.349 e. The lowest BCUT2D eigenvalue weighted by Gasteiger charge is -2.16. The molecule has 4 heteroatoms. The van der Waals surface area contributed by atoms with E-state index in [1.54, 1.807) is 6.20 Å². The molecule has 0 atom stereocenters. The van der Waals surface area contributed by atoms with Crippen molar-refractivity contribution in [2.24, 2.45) is 0 Å². The van der Waals surface area contributed by atoms with Gasteiger partial charge in [-0.25, -0.2) is 0 Å². The molecule has 1 aliphatic carbocycles. The molecule has 1 aromatic carbocycles.